The van der Waals surface area contributed by atoms with Crippen LogP contribution in [0.2, 0.25) is 0 Å². The molecule has 0 saturated carbocycles. The third-order valence-electron chi connectivity index (χ3n) is 4.20. The zero-order valence-corrected chi connectivity index (χ0v) is 15.6. The van der Waals surface area contributed by atoms with E-state index < -0.39 is 0 Å². The van der Waals surface area contributed by atoms with Gasteiger partial charge in [0, 0.05) is 5.69 Å². The van der Waals surface area contributed by atoms with Crippen LogP contribution in [0, 0.1) is 5.92 Å². The fourth-order valence-electron chi connectivity index (χ4n) is 2.83. The number of likely N-dealkylation sites (tertiary alicyclic amines) is 1. The van der Waals surface area contributed by atoms with E-state index in [1.165, 1.54) is 0 Å². The van der Waals surface area contributed by atoms with Crippen LogP contribution in [0.3, 0.4) is 0 Å². The molecule has 1 aromatic carbocycles. The number of hydrogen-bond donors (Lipinski definition) is 1. The van der Waals surface area contributed by atoms with E-state index in [4.69, 9.17) is 9.47 Å². The Kier molecular flexibility index (Phi) is 7.66. The van der Waals surface area contributed by atoms with Crippen molar-refractivity contribution in [2.24, 2.45) is 5.92 Å². The number of benzene rings is 1. The maximum atomic E-state index is 12.2. The summed E-state index contributed by atoms with van der Waals surface area (Å²) in [5, 5.41) is 2.89. The Morgan fingerprint density at radius 2 is 1.88 bits per heavy atom. The van der Waals surface area contributed by atoms with Crippen molar-refractivity contribution in [1.82, 2.24) is 4.90 Å². The first kappa shape index (κ1) is 20.0. The van der Waals surface area contributed by atoms with Gasteiger partial charge in [-0.05, 0) is 69.6 Å². The molecule has 1 saturated heterocycles. The third kappa shape index (κ3) is 6.52. The van der Waals surface area contributed by atoms with Gasteiger partial charge < -0.3 is 14.8 Å². The van der Waals surface area contributed by atoms with Gasteiger partial charge >= 0.3 is 5.97 Å². The molecule has 26 heavy (non-hydrogen) atoms. The molecular formula is C20H28N2O4. The summed E-state index contributed by atoms with van der Waals surface area (Å²) in [5.41, 5.74) is 1.69. The maximum Gasteiger partial charge on any atom is 0.309 e. The molecule has 1 aliphatic rings. The van der Waals surface area contributed by atoms with Crippen LogP contribution in [0.5, 0.6) is 5.75 Å². The standard InChI is InChI=1S/C20H28N2O4/c1-4-25-20(24)16-9-11-22(12-10-16)13-19(23)21-17-5-7-18(8-6-17)26-14-15(2)3/h5-8,16H,2,4,9-14H2,1,3H3,(H,21,23). The highest BCUT2D eigenvalue weighted by Gasteiger charge is 2.26. The van der Waals surface area contributed by atoms with Gasteiger partial charge in [0.2, 0.25) is 5.91 Å². The predicted molar refractivity (Wildman–Crippen MR) is 101 cm³/mol. The van der Waals surface area contributed by atoms with Crippen molar-refractivity contribution in [3.8, 4) is 5.75 Å². The van der Waals surface area contributed by atoms with Crippen LogP contribution in [0.4, 0.5) is 5.69 Å². The Morgan fingerprint density at radius 3 is 2.46 bits per heavy atom. The van der Waals surface area contributed by atoms with Gasteiger partial charge in [-0.1, -0.05) is 6.58 Å². The Balaban J connectivity index is 1.73. The lowest BCUT2D eigenvalue weighted by Gasteiger charge is -2.30. The van der Waals surface area contributed by atoms with E-state index in [9.17, 15) is 9.59 Å². The summed E-state index contributed by atoms with van der Waals surface area (Å²) in [7, 11) is 0. The predicted octanol–water partition coefficient (Wildman–Crippen LogP) is 2.86. The maximum absolute atomic E-state index is 12.2. The zero-order chi connectivity index (χ0) is 18.9. The molecule has 2 rings (SSSR count). The van der Waals surface area contributed by atoms with E-state index in [0.717, 1.165) is 42.9 Å². The molecule has 1 aliphatic heterocycles. The fourth-order valence-corrected chi connectivity index (χ4v) is 2.83. The van der Waals surface area contributed by atoms with Gasteiger partial charge in [-0.2, -0.15) is 0 Å². The van der Waals surface area contributed by atoms with Gasteiger partial charge in [0.1, 0.15) is 12.4 Å². The van der Waals surface area contributed by atoms with E-state index in [2.05, 4.69) is 16.8 Å². The van der Waals surface area contributed by atoms with Crippen LogP contribution in [0.1, 0.15) is 26.7 Å². The molecule has 1 heterocycles. The van der Waals surface area contributed by atoms with Gasteiger partial charge in [0.15, 0.2) is 0 Å². The zero-order valence-electron chi connectivity index (χ0n) is 15.6. The van der Waals surface area contributed by atoms with Crippen molar-refractivity contribution in [2.75, 3.05) is 38.2 Å². The number of rotatable bonds is 8. The summed E-state index contributed by atoms with van der Waals surface area (Å²) in [6, 6.07) is 7.28. The summed E-state index contributed by atoms with van der Waals surface area (Å²) in [6.45, 7) is 10.2. The van der Waals surface area contributed by atoms with E-state index in [0.29, 0.717) is 19.8 Å². The lowest BCUT2D eigenvalue weighted by Crippen LogP contribution is -2.41. The highest BCUT2D eigenvalue weighted by molar-refractivity contribution is 5.92. The van der Waals surface area contributed by atoms with Crippen molar-refractivity contribution >= 4 is 17.6 Å². The second kappa shape index (κ2) is 9.97. The molecular weight excluding hydrogens is 332 g/mol. The van der Waals surface area contributed by atoms with Gasteiger partial charge in [-0.25, -0.2) is 0 Å². The first-order valence-corrected chi connectivity index (χ1v) is 9.04. The average Bonchev–Trinajstić information content (AvgIpc) is 2.62. The molecule has 1 fully saturated rings. The highest BCUT2D eigenvalue weighted by Crippen LogP contribution is 2.19. The summed E-state index contributed by atoms with van der Waals surface area (Å²) in [4.78, 5) is 26.0. The van der Waals surface area contributed by atoms with Gasteiger partial charge in [-0.3, -0.25) is 14.5 Å². The Labute approximate surface area is 155 Å². The number of carbonyl (C=O) groups excluding carboxylic acids is 2. The van der Waals surface area contributed by atoms with Crippen LogP contribution in [-0.4, -0.2) is 49.6 Å². The van der Waals surface area contributed by atoms with E-state index >= 15 is 0 Å². The number of carbonyl (C=O) groups is 2. The van der Waals surface area contributed by atoms with Crippen molar-refractivity contribution in [1.29, 1.82) is 0 Å². The summed E-state index contributed by atoms with van der Waals surface area (Å²) < 4.78 is 10.6. The quantitative estimate of drug-likeness (QED) is 0.570. The molecule has 6 heteroatoms. The number of amides is 1. The first-order chi connectivity index (χ1) is 12.5. The number of ether oxygens (including phenoxy) is 2. The van der Waals surface area contributed by atoms with Gasteiger partial charge in [-0.15, -0.1) is 0 Å². The minimum absolute atomic E-state index is 0.0407. The second-order valence-electron chi connectivity index (χ2n) is 6.62. The summed E-state index contributed by atoms with van der Waals surface area (Å²) in [6.07, 6.45) is 1.47. The molecule has 0 spiro atoms. The monoisotopic (exact) mass is 360 g/mol. The van der Waals surface area contributed by atoms with Crippen LogP contribution in [0.25, 0.3) is 0 Å². The smallest absolute Gasteiger partial charge is 0.309 e. The molecule has 0 aromatic heterocycles. The normalized spacial score (nSPS) is 15.3. The third-order valence-corrected chi connectivity index (χ3v) is 4.20. The van der Waals surface area contributed by atoms with Crippen LogP contribution < -0.4 is 10.1 Å². The number of nitrogens with one attached hydrogen (secondary N) is 1. The second-order valence-corrected chi connectivity index (χ2v) is 6.62. The van der Waals surface area contributed by atoms with Crippen LogP contribution in [0.15, 0.2) is 36.4 Å². The lowest BCUT2D eigenvalue weighted by molar-refractivity contribution is -0.149. The Morgan fingerprint density at radius 1 is 1.23 bits per heavy atom. The Hall–Kier alpha value is -2.34. The molecule has 0 bridgehead atoms. The molecule has 6 nitrogen and oxygen atoms in total. The van der Waals surface area contributed by atoms with Crippen molar-refractivity contribution in [3.63, 3.8) is 0 Å². The van der Waals surface area contributed by atoms with Gasteiger partial charge in [0.05, 0.1) is 19.1 Å². The van der Waals surface area contributed by atoms with Crippen LogP contribution in [-0.2, 0) is 14.3 Å². The Bertz CT molecular complexity index is 619. The SMILES string of the molecule is C=C(C)COc1ccc(NC(=O)CN2CCC(C(=O)OCC)CC2)cc1. The molecule has 0 unspecified atom stereocenters. The summed E-state index contributed by atoms with van der Waals surface area (Å²) in [5.74, 6) is 0.522. The van der Waals surface area contributed by atoms with Crippen molar-refractivity contribution < 1.29 is 19.1 Å². The van der Waals surface area contributed by atoms with Crippen LogP contribution >= 0.6 is 0 Å². The number of esters is 1. The molecule has 1 aromatic rings. The summed E-state index contributed by atoms with van der Waals surface area (Å²) >= 11 is 0. The minimum atomic E-state index is -0.120. The lowest BCUT2D eigenvalue weighted by atomic mass is 9.97. The van der Waals surface area contributed by atoms with Crippen molar-refractivity contribution in [3.05, 3.63) is 36.4 Å². The van der Waals surface area contributed by atoms with E-state index in [1.54, 1.807) is 0 Å². The first-order valence-electron chi connectivity index (χ1n) is 9.04. The number of nitrogens with zero attached hydrogens (tertiary/aromatic N) is 1. The number of anilines is 1. The molecule has 142 valence electrons. The van der Waals surface area contributed by atoms with E-state index in [1.807, 2.05) is 38.1 Å². The topological polar surface area (TPSA) is 67.9 Å². The number of piperidine rings is 1. The molecule has 1 N–H and O–H groups in total. The fraction of sp³-hybridized carbons (Fsp3) is 0.500. The molecule has 0 radical (unpaired) electrons. The van der Waals surface area contributed by atoms with E-state index in [-0.39, 0.29) is 17.8 Å². The molecule has 0 aliphatic carbocycles. The minimum Gasteiger partial charge on any atom is -0.489 e. The number of hydrogen-bond acceptors (Lipinski definition) is 5. The van der Waals surface area contributed by atoms with Gasteiger partial charge in [0.25, 0.3) is 0 Å². The highest BCUT2D eigenvalue weighted by atomic mass is 16.5. The van der Waals surface area contributed by atoms with Crippen molar-refractivity contribution in [2.45, 2.75) is 26.7 Å². The molecule has 0 atom stereocenters. The molecule has 1 amide bonds. The largest absolute Gasteiger partial charge is 0.489 e. The average molecular weight is 360 g/mol.